The first-order chi connectivity index (χ1) is 8.40. The largest absolute Gasteiger partial charge is 0.405 e. The van der Waals surface area contributed by atoms with E-state index in [9.17, 15) is 17.6 Å². The highest BCUT2D eigenvalue weighted by Crippen LogP contribution is 2.34. The summed E-state index contributed by atoms with van der Waals surface area (Å²) in [5.74, 6) is -0.458. The van der Waals surface area contributed by atoms with Crippen LogP contribution in [0.15, 0.2) is 12.3 Å². The van der Waals surface area contributed by atoms with Gasteiger partial charge >= 0.3 is 6.18 Å². The van der Waals surface area contributed by atoms with E-state index in [2.05, 4.69) is 4.98 Å². The number of halogens is 4. The van der Waals surface area contributed by atoms with E-state index in [0.29, 0.717) is 18.4 Å². The van der Waals surface area contributed by atoms with Gasteiger partial charge in [-0.2, -0.15) is 13.2 Å². The fourth-order valence-electron chi connectivity index (χ4n) is 1.84. The first kappa shape index (κ1) is 13.1. The molecule has 0 aliphatic heterocycles. The number of alkyl halides is 3. The Bertz CT molecular complexity index is 429. The molecule has 0 spiro atoms. The normalized spacial score (nSPS) is 15.8. The van der Waals surface area contributed by atoms with Gasteiger partial charge in [-0.15, -0.1) is 0 Å². The second kappa shape index (κ2) is 4.72. The number of pyridine rings is 1. The maximum absolute atomic E-state index is 13.0. The molecule has 0 atom stereocenters. The van der Waals surface area contributed by atoms with Crippen molar-refractivity contribution >= 4 is 5.82 Å². The van der Waals surface area contributed by atoms with Gasteiger partial charge < -0.3 is 10.6 Å². The van der Waals surface area contributed by atoms with E-state index in [1.165, 1.54) is 4.90 Å². The molecular formula is C11H13F4N3. The quantitative estimate of drug-likeness (QED) is 0.847. The van der Waals surface area contributed by atoms with Gasteiger partial charge in [-0.25, -0.2) is 9.37 Å². The second-order valence-electron chi connectivity index (χ2n) is 4.31. The van der Waals surface area contributed by atoms with Gasteiger partial charge in [0.1, 0.15) is 18.2 Å². The zero-order valence-electron chi connectivity index (χ0n) is 9.54. The number of rotatable bonds is 4. The van der Waals surface area contributed by atoms with Crippen molar-refractivity contribution in [2.75, 3.05) is 11.4 Å². The summed E-state index contributed by atoms with van der Waals surface area (Å²) in [5, 5.41) is 0. The van der Waals surface area contributed by atoms with Crippen LogP contribution in [0.25, 0.3) is 0 Å². The van der Waals surface area contributed by atoms with Crippen LogP contribution in [0.2, 0.25) is 0 Å². The van der Waals surface area contributed by atoms with Crippen molar-refractivity contribution in [2.24, 2.45) is 5.73 Å². The minimum atomic E-state index is -4.31. The first-order valence-corrected chi connectivity index (χ1v) is 5.58. The van der Waals surface area contributed by atoms with Crippen LogP contribution >= 0.6 is 0 Å². The third kappa shape index (κ3) is 3.10. The highest BCUT2D eigenvalue weighted by molar-refractivity contribution is 5.49. The molecule has 1 aliphatic carbocycles. The van der Waals surface area contributed by atoms with Gasteiger partial charge in [0.25, 0.3) is 0 Å². The molecule has 2 rings (SSSR count). The molecule has 1 aromatic rings. The van der Waals surface area contributed by atoms with E-state index < -0.39 is 18.5 Å². The Balaban J connectivity index is 2.30. The Labute approximate surface area is 102 Å². The van der Waals surface area contributed by atoms with Crippen LogP contribution in [0.4, 0.5) is 23.4 Å². The van der Waals surface area contributed by atoms with Crippen molar-refractivity contribution in [1.82, 2.24) is 4.98 Å². The summed E-state index contributed by atoms with van der Waals surface area (Å²) in [6.45, 7) is -1.12. The van der Waals surface area contributed by atoms with Gasteiger partial charge in [-0.05, 0) is 18.9 Å². The highest BCUT2D eigenvalue weighted by atomic mass is 19.4. The van der Waals surface area contributed by atoms with Crippen LogP contribution in [-0.2, 0) is 6.54 Å². The molecule has 1 fully saturated rings. The summed E-state index contributed by atoms with van der Waals surface area (Å²) in [5.41, 5.74) is 5.72. The summed E-state index contributed by atoms with van der Waals surface area (Å²) in [7, 11) is 0. The zero-order valence-corrected chi connectivity index (χ0v) is 9.54. The van der Waals surface area contributed by atoms with Crippen molar-refractivity contribution in [3.63, 3.8) is 0 Å². The average molecular weight is 263 g/mol. The zero-order chi connectivity index (χ0) is 13.3. The van der Waals surface area contributed by atoms with Crippen LogP contribution in [0, 0.1) is 5.82 Å². The number of hydrogen-bond donors (Lipinski definition) is 1. The standard InChI is InChI=1S/C11H13F4N3/c12-8-3-7(4-16)10(17-5-8)18(9-1-2-9)6-11(13,14)15/h3,5,9H,1-2,4,6,16H2. The Morgan fingerprint density at radius 1 is 1.39 bits per heavy atom. The van der Waals surface area contributed by atoms with Crippen molar-refractivity contribution in [3.8, 4) is 0 Å². The Morgan fingerprint density at radius 3 is 2.56 bits per heavy atom. The summed E-state index contributed by atoms with van der Waals surface area (Å²) in [6, 6.07) is 0.962. The van der Waals surface area contributed by atoms with Crippen molar-refractivity contribution < 1.29 is 17.6 Å². The molecule has 0 saturated heterocycles. The molecule has 7 heteroatoms. The summed E-state index contributed by atoms with van der Waals surface area (Å²) < 4.78 is 50.6. The maximum atomic E-state index is 13.0. The minimum absolute atomic E-state index is 0.0405. The van der Waals surface area contributed by atoms with Crippen LogP contribution in [-0.4, -0.2) is 23.7 Å². The molecular weight excluding hydrogens is 250 g/mol. The van der Waals surface area contributed by atoms with E-state index in [0.717, 1.165) is 12.3 Å². The predicted molar refractivity (Wildman–Crippen MR) is 58.5 cm³/mol. The van der Waals surface area contributed by atoms with E-state index in [-0.39, 0.29) is 18.4 Å². The molecule has 0 radical (unpaired) electrons. The Hall–Kier alpha value is -1.37. The molecule has 1 aliphatic rings. The lowest BCUT2D eigenvalue weighted by atomic mass is 10.2. The lowest BCUT2D eigenvalue weighted by Crippen LogP contribution is -2.37. The van der Waals surface area contributed by atoms with Crippen LogP contribution in [0.1, 0.15) is 18.4 Å². The van der Waals surface area contributed by atoms with Crippen molar-refractivity contribution in [3.05, 3.63) is 23.6 Å². The molecule has 0 bridgehead atoms. The monoisotopic (exact) mass is 263 g/mol. The fraction of sp³-hybridized carbons (Fsp3) is 0.545. The highest BCUT2D eigenvalue weighted by Gasteiger charge is 2.39. The van der Waals surface area contributed by atoms with E-state index in [4.69, 9.17) is 5.73 Å². The van der Waals surface area contributed by atoms with Crippen molar-refractivity contribution in [1.29, 1.82) is 0 Å². The summed E-state index contributed by atoms with van der Waals surface area (Å²) in [4.78, 5) is 4.93. The number of anilines is 1. The van der Waals surface area contributed by atoms with Crippen LogP contribution in [0.3, 0.4) is 0 Å². The van der Waals surface area contributed by atoms with Gasteiger partial charge in [-0.1, -0.05) is 0 Å². The summed E-state index contributed by atoms with van der Waals surface area (Å²) >= 11 is 0. The molecule has 3 nitrogen and oxygen atoms in total. The van der Waals surface area contributed by atoms with Gasteiger partial charge in [0.05, 0.1) is 6.20 Å². The molecule has 0 unspecified atom stereocenters. The predicted octanol–water partition coefficient (Wildman–Crippen LogP) is 2.21. The molecule has 0 amide bonds. The number of hydrogen-bond acceptors (Lipinski definition) is 3. The number of nitrogens with zero attached hydrogens (tertiary/aromatic N) is 2. The molecule has 18 heavy (non-hydrogen) atoms. The third-order valence-electron chi connectivity index (χ3n) is 2.74. The summed E-state index contributed by atoms with van der Waals surface area (Å²) in [6.07, 6.45) is -2.01. The lowest BCUT2D eigenvalue weighted by molar-refractivity contribution is -0.120. The molecule has 100 valence electrons. The Kier molecular flexibility index (Phi) is 3.43. The Morgan fingerprint density at radius 2 is 2.06 bits per heavy atom. The SMILES string of the molecule is NCc1cc(F)cnc1N(CC(F)(F)F)C1CC1. The third-order valence-corrected chi connectivity index (χ3v) is 2.74. The second-order valence-corrected chi connectivity index (χ2v) is 4.31. The van der Waals surface area contributed by atoms with Gasteiger partial charge in [-0.3, -0.25) is 0 Å². The van der Waals surface area contributed by atoms with Gasteiger partial charge in [0.2, 0.25) is 0 Å². The lowest BCUT2D eigenvalue weighted by Gasteiger charge is -2.26. The molecule has 1 aromatic heterocycles. The number of aromatic nitrogens is 1. The molecule has 0 aromatic carbocycles. The van der Waals surface area contributed by atoms with Crippen LogP contribution < -0.4 is 10.6 Å². The van der Waals surface area contributed by atoms with E-state index in [1.807, 2.05) is 0 Å². The molecule has 2 N–H and O–H groups in total. The minimum Gasteiger partial charge on any atom is -0.344 e. The van der Waals surface area contributed by atoms with E-state index >= 15 is 0 Å². The topological polar surface area (TPSA) is 42.1 Å². The first-order valence-electron chi connectivity index (χ1n) is 5.58. The van der Waals surface area contributed by atoms with Gasteiger partial charge in [0, 0.05) is 18.2 Å². The van der Waals surface area contributed by atoms with Gasteiger partial charge in [0.15, 0.2) is 0 Å². The molecule has 1 saturated carbocycles. The van der Waals surface area contributed by atoms with Crippen LogP contribution in [0.5, 0.6) is 0 Å². The van der Waals surface area contributed by atoms with Crippen molar-refractivity contribution in [2.45, 2.75) is 31.6 Å². The number of nitrogens with two attached hydrogens (primary N) is 1. The fourth-order valence-corrected chi connectivity index (χ4v) is 1.84. The average Bonchev–Trinajstić information content (AvgIpc) is 3.08. The smallest absolute Gasteiger partial charge is 0.344 e. The van der Waals surface area contributed by atoms with E-state index in [1.54, 1.807) is 0 Å². The maximum Gasteiger partial charge on any atom is 0.405 e. The molecule has 1 heterocycles.